The molecule has 0 radical (unpaired) electrons. The molecule has 2 unspecified atom stereocenters. The number of aliphatic hydroxyl groups excluding tert-OH is 12. The molecule has 9 aliphatic rings. The quantitative estimate of drug-likeness (QED) is 0.0852. The number of ether oxygens (including phenoxy) is 8. The van der Waals surface area contributed by atoms with Gasteiger partial charge in [-0.2, -0.15) is 0 Å². The van der Waals surface area contributed by atoms with Crippen LogP contribution in [0.5, 0.6) is 0 Å². The van der Waals surface area contributed by atoms with Crippen LogP contribution in [-0.2, 0) is 42.7 Å². The number of carboxylic acids is 1. The van der Waals surface area contributed by atoms with E-state index in [9.17, 15) is 71.2 Å². The van der Waals surface area contributed by atoms with Crippen molar-refractivity contribution in [2.24, 2.45) is 50.2 Å². The molecule has 4 heterocycles. The van der Waals surface area contributed by atoms with Crippen molar-refractivity contribution in [1.29, 1.82) is 0 Å². The molecule has 5 aliphatic carbocycles. The summed E-state index contributed by atoms with van der Waals surface area (Å²) in [4.78, 5) is 13.3. The van der Waals surface area contributed by atoms with Crippen LogP contribution in [0.1, 0.15) is 106 Å². The number of aliphatic carboxylic acids is 1. The van der Waals surface area contributed by atoms with Gasteiger partial charge < -0.3 is 104 Å². The molecule has 22 nitrogen and oxygen atoms in total. The molecular weight excluding hydrogens is 977 g/mol. The first kappa shape index (κ1) is 57.1. The lowest BCUT2D eigenvalue weighted by molar-refractivity contribution is -0.384. The zero-order chi connectivity index (χ0) is 54.0. The zero-order valence-corrected chi connectivity index (χ0v) is 43.5. The van der Waals surface area contributed by atoms with Gasteiger partial charge in [0.25, 0.3) is 0 Å². The Morgan fingerprint density at radius 3 is 1.91 bits per heavy atom. The number of hydrogen-bond donors (Lipinski definition) is 13. The van der Waals surface area contributed by atoms with Crippen LogP contribution in [0.3, 0.4) is 0 Å². The fourth-order valence-electron chi connectivity index (χ4n) is 16.0. The Labute approximate surface area is 431 Å². The largest absolute Gasteiger partial charge is 0.481 e. The predicted octanol–water partition coefficient (Wildman–Crippen LogP) is -1.22. The summed E-state index contributed by atoms with van der Waals surface area (Å²) in [6, 6.07) is 0. The summed E-state index contributed by atoms with van der Waals surface area (Å²) in [5, 5.41) is 141. The molecule has 74 heavy (non-hydrogen) atoms. The number of rotatable bonds is 11. The number of hydrogen-bond acceptors (Lipinski definition) is 21. The molecule has 0 amide bonds. The molecule has 0 aromatic rings. The van der Waals surface area contributed by atoms with Crippen LogP contribution < -0.4 is 0 Å². The van der Waals surface area contributed by atoms with Gasteiger partial charge in [0.1, 0.15) is 90.9 Å². The van der Waals surface area contributed by atoms with Crippen molar-refractivity contribution in [3.63, 3.8) is 0 Å². The summed E-state index contributed by atoms with van der Waals surface area (Å²) in [6.07, 6.45) is -23.1. The van der Waals surface area contributed by atoms with Crippen LogP contribution in [-0.4, -0.2) is 222 Å². The molecule has 4 saturated heterocycles. The predicted molar refractivity (Wildman–Crippen MR) is 253 cm³/mol. The molecule has 424 valence electrons. The van der Waals surface area contributed by atoms with E-state index in [0.717, 1.165) is 25.7 Å². The third-order valence-electron chi connectivity index (χ3n) is 20.7. The third-order valence-corrected chi connectivity index (χ3v) is 20.7. The summed E-state index contributed by atoms with van der Waals surface area (Å²) in [5.41, 5.74) is -1.78. The van der Waals surface area contributed by atoms with Crippen LogP contribution in [0.25, 0.3) is 0 Å². The van der Waals surface area contributed by atoms with Gasteiger partial charge in [-0.05, 0) is 103 Å². The minimum atomic E-state index is -1.89. The lowest BCUT2D eigenvalue weighted by Gasteiger charge is -2.71. The van der Waals surface area contributed by atoms with E-state index in [1.54, 1.807) is 0 Å². The number of fused-ring (bicyclic) bond motifs is 7. The van der Waals surface area contributed by atoms with Gasteiger partial charge in [0.05, 0.1) is 38.6 Å². The fourth-order valence-corrected chi connectivity index (χ4v) is 16.0. The summed E-state index contributed by atoms with van der Waals surface area (Å²) in [6.45, 7) is 13.4. The van der Waals surface area contributed by atoms with E-state index < -0.39 is 171 Å². The molecule has 0 bridgehead atoms. The van der Waals surface area contributed by atoms with Gasteiger partial charge in [0, 0.05) is 0 Å². The molecule has 27 atom stereocenters. The van der Waals surface area contributed by atoms with Crippen molar-refractivity contribution >= 4 is 5.97 Å². The zero-order valence-electron chi connectivity index (χ0n) is 43.5. The van der Waals surface area contributed by atoms with Gasteiger partial charge >= 0.3 is 5.97 Å². The van der Waals surface area contributed by atoms with E-state index in [4.69, 9.17) is 37.9 Å². The van der Waals surface area contributed by atoms with Crippen LogP contribution >= 0.6 is 0 Å². The summed E-state index contributed by atoms with van der Waals surface area (Å²) in [7, 11) is 0. The van der Waals surface area contributed by atoms with Gasteiger partial charge in [-0.25, -0.2) is 0 Å². The van der Waals surface area contributed by atoms with Crippen molar-refractivity contribution < 1.29 is 109 Å². The van der Waals surface area contributed by atoms with Gasteiger partial charge in [-0.3, -0.25) is 4.79 Å². The molecule has 4 aliphatic heterocycles. The maximum Gasteiger partial charge on any atom is 0.312 e. The molecule has 13 N–H and O–H groups in total. The SMILES string of the molecule is CC1(C)CC[C@]2(C(=O)O)[C@H](C1)C1=CCC3[C@]4(C)CC[C@@H](O[C@H]5O[C@@H](CO[C@H]6OC[C@@H](O)[C@@H](O)[C@@H]6O[C@H]6OC[C@@H](O)[C@@H](O)[C@@H]6O)[C@H](O)[C@@H](O)[C@@H]5O[C@H]5O[C@@H](CO)[C@H](O)[C@@H](O)[C@@H]5O)C(C)(C)C4CC[C@]3(C)[C@@]1(C)C[C@@H]2O. The Balaban J connectivity index is 0.971. The lowest BCUT2D eigenvalue weighted by Crippen LogP contribution is -2.68. The van der Waals surface area contributed by atoms with Crippen molar-refractivity contribution in [1.82, 2.24) is 0 Å². The molecule has 8 fully saturated rings. The Bertz CT molecular complexity index is 2040. The Morgan fingerprint density at radius 1 is 0.622 bits per heavy atom. The Kier molecular flexibility index (Phi) is 15.8. The van der Waals surface area contributed by atoms with Crippen LogP contribution in [0.4, 0.5) is 0 Å². The minimum Gasteiger partial charge on any atom is -0.481 e. The van der Waals surface area contributed by atoms with E-state index in [2.05, 4.69) is 54.5 Å². The van der Waals surface area contributed by atoms with E-state index in [1.165, 1.54) is 5.57 Å². The van der Waals surface area contributed by atoms with Gasteiger partial charge in [0.15, 0.2) is 25.2 Å². The molecule has 22 heteroatoms. The summed E-state index contributed by atoms with van der Waals surface area (Å²) >= 11 is 0. The fraction of sp³-hybridized carbons (Fsp3) is 0.942. The van der Waals surface area contributed by atoms with Crippen LogP contribution in [0, 0.1) is 50.2 Å². The van der Waals surface area contributed by atoms with E-state index in [1.807, 2.05) is 0 Å². The second-order valence-corrected chi connectivity index (χ2v) is 25.5. The average Bonchev–Trinajstić information content (AvgIpc) is 3.34. The molecular formula is C52H84O22. The van der Waals surface area contributed by atoms with Gasteiger partial charge in [0.2, 0.25) is 0 Å². The van der Waals surface area contributed by atoms with Crippen LogP contribution in [0.2, 0.25) is 0 Å². The minimum absolute atomic E-state index is 0.0480. The van der Waals surface area contributed by atoms with E-state index in [-0.39, 0.29) is 34.0 Å². The van der Waals surface area contributed by atoms with Gasteiger partial charge in [-0.15, -0.1) is 0 Å². The highest BCUT2D eigenvalue weighted by atomic mass is 16.8. The monoisotopic (exact) mass is 1060 g/mol. The first-order valence-electron chi connectivity index (χ1n) is 26.7. The molecule has 4 saturated carbocycles. The standard InChI is InChI=1S/C52H84O22/c1-47(2)14-15-52(46(65)66)23(16-47)22-8-9-29-49(5)12-11-31(48(3,4)28(49)10-13-50(29,6)51(22,7)17-30(52)56)72-45-41(74-43-39(64)36(61)34(59)26(18-53)70-43)37(62)35(60)27(71-45)21-69-44-40(33(58)25(55)20-68-44)73-42-38(63)32(57)24(54)19-67-42/h8,23-45,53-64H,9-21H2,1-7H3,(H,65,66)/t23-,24-,25-,26+,27+,28?,29?,30+,31-,32-,33-,34+,35+,36-,37-,38+,39+,40+,41+,42-,43-,44-,45-,49-,50+,51+,52+/m1/s1. The first-order valence-corrected chi connectivity index (χ1v) is 26.7. The van der Waals surface area contributed by atoms with Crippen molar-refractivity contribution in [2.45, 2.75) is 229 Å². The number of carboxylic acid groups (broad SMARTS) is 1. The molecule has 0 aromatic carbocycles. The number of carbonyl (C=O) groups is 1. The first-order chi connectivity index (χ1) is 34.6. The highest BCUT2D eigenvalue weighted by Crippen LogP contribution is 2.76. The second-order valence-electron chi connectivity index (χ2n) is 25.5. The van der Waals surface area contributed by atoms with Gasteiger partial charge in [-0.1, -0.05) is 60.1 Å². The average molecular weight is 1060 g/mol. The molecule has 0 spiro atoms. The van der Waals surface area contributed by atoms with E-state index >= 15 is 0 Å². The Morgan fingerprint density at radius 2 is 1.23 bits per heavy atom. The third kappa shape index (κ3) is 9.16. The normalized spacial score (nSPS) is 54.1. The maximum atomic E-state index is 13.3. The van der Waals surface area contributed by atoms with E-state index in [0.29, 0.717) is 32.1 Å². The maximum absolute atomic E-state index is 13.3. The van der Waals surface area contributed by atoms with Crippen LogP contribution in [0.15, 0.2) is 11.6 Å². The molecule has 9 rings (SSSR count). The highest BCUT2D eigenvalue weighted by Gasteiger charge is 2.72. The summed E-state index contributed by atoms with van der Waals surface area (Å²) < 4.78 is 48.1. The summed E-state index contributed by atoms with van der Waals surface area (Å²) in [5.74, 6) is -1.02. The highest BCUT2D eigenvalue weighted by molar-refractivity contribution is 5.77. The number of allylic oxidation sites excluding steroid dienone is 2. The smallest absolute Gasteiger partial charge is 0.312 e. The lowest BCUT2D eigenvalue weighted by atomic mass is 9.33. The van der Waals surface area contributed by atoms with Crippen molar-refractivity contribution in [3.8, 4) is 0 Å². The number of aliphatic hydroxyl groups is 12. The topological polar surface area (TPSA) is 354 Å². The second kappa shape index (κ2) is 20.5. The Hall–Kier alpha value is -1.59. The van der Waals surface area contributed by atoms with Crippen molar-refractivity contribution in [3.05, 3.63) is 11.6 Å². The van der Waals surface area contributed by atoms with Crippen molar-refractivity contribution in [2.75, 3.05) is 26.4 Å². The molecule has 0 aromatic heterocycles.